The Morgan fingerprint density at radius 2 is 1.76 bits per heavy atom. The third-order valence-corrected chi connectivity index (χ3v) is 7.41. The molecule has 0 saturated carbocycles. The Hall–Kier alpha value is -2.85. The van der Waals surface area contributed by atoms with Crippen LogP contribution in [0.25, 0.3) is 0 Å². The van der Waals surface area contributed by atoms with Crippen molar-refractivity contribution >= 4 is 21.7 Å². The van der Waals surface area contributed by atoms with Gasteiger partial charge in [0.05, 0.1) is 10.9 Å². The minimum absolute atomic E-state index is 0.00221. The van der Waals surface area contributed by atoms with Gasteiger partial charge in [-0.25, -0.2) is 17.2 Å². The van der Waals surface area contributed by atoms with Crippen molar-refractivity contribution in [2.75, 3.05) is 19.7 Å². The quantitative estimate of drug-likeness (QED) is 0.586. The lowest BCUT2D eigenvalue weighted by atomic mass is 9.97. The standard InChI is InChI=1S/C23H26F2N2O5S/c1-15(14-32-22-8-5-19(24)13-21(22)25)26-23(29)18-9-11-27(12-10-18)33(30,31)20-6-3-17(4-7-20)16(2)28/h3-8,13,15,18H,9-12,14H2,1-2H3,(H,26,29). The zero-order valence-corrected chi connectivity index (χ0v) is 19.2. The lowest BCUT2D eigenvalue weighted by Gasteiger charge is -2.31. The van der Waals surface area contributed by atoms with Crippen molar-refractivity contribution in [3.8, 4) is 5.75 Å². The van der Waals surface area contributed by atoms with Crippen LogP contribution in [0.3, 0.4) is 0 Å². The van der Waals surface area contributed by atoms with Gasteiger partial charge in [0.2, 0.25) is 15.9 Å². The average molecular weight is 481 g/mol. The molecule has 1 N–H and O–H groups in total. The fraction of sp³-hybridized carbons (Fsp3) is 0.391. The van der Waals surface area contributed by atoms with E-state index in [4.69, 9.17) is 4.74 Å². The van der Waals surface area contributed by atoms with Gasteiger partial charge in [-0.3, -0.25) is 9.59 Å². The molecule has 7 nitrogen and oxygen atoms in total. The van der Waals surface area contributed by atoms with Gasteiger partial charge in [-0.15, -0.1) is 0 Å². The molecule has 1 aliphatic heterocycles. The lowest BCUT2D eigenvalue weighted by molar-refractivity contribution is -0.126. The Labute approximate surface area is 191 Å². The van der Waals surface area contributed by atoms with Gasteiger partial charge in [-0.05, 0) is 51.0 Å². The number of hydrogen-bond acceptors (Lipinski definition) is 5. The topological polar surface area (TPSA) is 92.8 Å². The highest BCUT2D eigenvalue weighted by Gasteiger charge is 2.32. The Bertz CT molecular complexity index is 1110. The summed E-state index contributed by atoms with van der Waals surface area (Å²) in [5.41, 5.74) is 0.435. The van der Waals surface area contributed by atoms with Crippen molar-refractivity contribution in [3.05, 3.63) is 59.7 Å². The number of ether oxygens (including phenoxy) is 1. The van der Waals surface area contributed by atoms with Crippen LogP contribution in [-0.2, 0) is 14.8 Å². The first-order valence-corrected chi connectivity index (χ1v) is 12.0. The molecule has 33 heavy (non-hydrogen) atoms. The van der Waals surface area contributed by atoms with Gasteiger partial charge in [0.15, 0.2) is 17.3 Å². The van der Waals surface area contributed by atoms with E-state index in [1.807, 2.05) is 0 Å². The molecule has 1 saturated heterocycles. The van der Waals surface area contributed by atoms with E-state index in [-0.39, 0.29) is 47.9 Å². The molecule has 0 aliphatic carbocycles. The fourth-order valence-electron chi connectivity index (χ4n) is 3.58. The fourth-order valence-corrected chi connectivity index (χ4v) is 5.05. The third kappa shape index (κ3) is 6.14. The van der Waals surface area contributed by atoms with Crippen LogP contribution in [0.4, 0.5) is 8.78 Å². The highest BCUT2D eigenvalue weighted by Crippen LogP contribution is 2.24. The number of nitrogens with zero attached hydrogens (tertiary/aromatic N) is 1. The van der Waals surface area contributed by atoms with E-state index in [9.17, 15) is 26.8 Å². The van der Waals surface area contributed by atoms with Crippen molar-refractivity contribution in [1.82, 2.24) is 9.62 Å². The molecule has 0 spiro atoms. The van der Waals surface area contributed by atoms with Gasteiger partial charge >= 0.3 is 0 Å². The number of benzene rings is 2. The number of amides is 1. The van der Waals surface area contributed by atoms with Gasteiger partial charge in [0.1, 0.15) is 12.4 Å². The first-order valence-electron chi connectivity index (χ1n) is 10.6. The molecule has 1 aliphatic rings. The van der Waals surface area contributed by atoms with E-state index in [1.165, 1.54) is 41.6 Å². The molecule has 0 bridgehead atoms. The van der Waals surface area contributed by atoms with Crippen molar-refractivity contribution < 1.29 is 31.5 Å². The molecule has 0 radical (unpaired) electrons. The molecule has 1 atom stereocenters. The molecule has 3 rings (SSSR count). The first kappa shape index (κ1) is 24.8. The molecule has 2 aromatic carbocycles. The maximum absolute atomic E-state index is 13.6. The van der Waals surface area contributed by atoms with Crippen LogP contribution in [-0.4, -0.2) is 50.2 Å². The summed E-state index contributed by atoms with van der Waals surface area (Å²) < 4.78 is 59.0. The predicted octanol–water partition coefficient (Wildman–Crippen LogP) is 3.15. The summed E-state index contributed by atoms with van der Waals surface area (Å²) in [6.07, 6.45) is 0.716. The third-order valence-electron chi connectivity index (χ3n) is 5.49. The first-order chi connectivity index (χ1) is 15.6. The second kappa shape index (κ2) is 10.4. The molecule has 1 amide bonds. The molecule has 1 heterocycles. The number of rotatable bonds is 8. The van der Waals surface area contributed by atoms with Crippen LogP contribution in [0.1, 0.15) is 37.0 Å². The SMILES string of the molecule is CC(=O)c1ccc(S(=O)(=O)N2CCC(C(=O)NC(C)COc3ccc(F)cc3F)CC2)cc1. The summed E-state index contributed by atoms with van der Waals surface area (Å²) in [6.45, 7) is 3.50. The second-order valence-corrected chi connectivity index (χ2v) is 9.99. The molecular weight excluding hydrogens is 454 g/mol. The zero-order valence-electron chi connectivity index (χ0n) is 18.4. The summed E-state index contributed by atoms with van der Waals surface area (Å²) >= 11 is 0. The van der Waals surface area contributed by atoms with Gasteiger partial charge in [0.25, 0.3) is 0 Å². The lowest BCUT2D eigenvalue weighted by Crippen LogP contribution is -2.45. The smallest absolute Gasteiger partial charge is 0.243 e. The Morgan fingerprint density at radius 3 is 2.33 bits per heavy atom. The van der Waals surface area contributed by atoms with Gasteiger partial charge < -0.3 is 10.1 Å². The summed E-state index contributed by atoms with van der Waals surface area (Å²) in [7, 11) is -3.71. The van der Waals surface area contributed by atoms with E-state index in [0.717, 1.165) is 12.1 Å². The average Bonchev–Trinajstić information content (AvgIpc) is 2.78. The largest absolute Gasteiger partial charge is 0.488 e. The Balaban J connectivity index is 1.50. The number of hydrogen-bond donors (Lipinski definition) is 1. The maximum Gasteiger partial charge on any atom is 0.243 e. The highest BCUT2D eigenvalue weighted by molar-refractivity contribution is 7.89. The molecule has 2 aromatic rings. The number of sulfonamides is 1. The summed E-state index contributed by atoms with van der Waals surface area (Å²) in [5, 5.41) is 2.79. The van der Waals surface area contributed by atoms with E-state index < -0.39 is 27.7 Å². The number of Topliss-reactive ketones (excluding diaryl/α,β-unsaturated/α-hetero) is 1. The monoisotopic (exact) mass is 480 g/mol. The van der Waals surface area contributed by atoms with Crippen LogP contribution in [0.5, 0.6) is 5.75 Å². The Morgan fingerprint density at radius 1 is 1.12 bits per heavy atom. The number of ketones is 1. The van der Waals surface area contributed by atoms with E-state index in [0.29, 0.717) is 18.4 Å². The van der Waals surface area contributed by atoms with Gasteiger partial charge in [-0.1, -0.05) is 12.1 Å². The molecule has 0 aromatic heterocycles. The predicted molar refractivity (Wildman–Crippen MR) is 117 cm³/mol. The molecular formula is C23H26F2N2O5S. The van der Waals surface area contributed by atoms with Crippen LogP contribution in [0.15, 0.2) is 47.4 Å². The minimum Gasteiger partial charge on any atom is -0.488 e. The summed E-state index contributed by atoms with van der Waals surface area (Å²) in [4.78, 5) is 24.1. The maximum atomic E-state index is 13.6. The number of nitrogens with one attached hydrogen (secondary N) is 1. The zero-order chi connectivity index (χ0) is 24.2. The van der Waals surface area contributed by atoms with E-state index in [2.05, 4.69) is 5.32 Å². The van der Waals surface area contributed by atoms with Crippen molar-refractivity contribution in [1.29, 1.82) is 0 Å². The van der Waals surface area contributed by atoms with Crippen LogP contribution in [0.2, 0.25) is 0 Å². The minimum atomic E-state index is -3.71. The van der Waals surface area contributed by atoms with E-state index >= 15 is 0 Å². The van der Waals surface area contributed by atoms with Crippen LogP contribution >= 0.6 is 0 Å². The molecule has 1 unspecified atom stereocenters. The van der Waals surface area contributed by atoms with Crippen LogP contribution < -0.4 is 10.1 Å². The normalized spacial score (nSPS) is 16.2. The van der Waals surface area contributed by atoms with Crippen LogP contribution in [0, 0.1) is 17.6 Å². The van der Waals surface area contributed by atoms with Crippen molar-refractivity contribution in [3.63, 3.8) is 0 Å². The Kier molecular flexibility index (Phi) is 7.80. The number of halogens is 2. The van der Waals surface area contributed by atoms with Crippen molar-refractivity contribution in [2.24, 2.45) is 5.92 Å². The summed E-state index contributed by atoms with van der Waals surface area (Å²) in [6, 6.07) is 8.35. The van der Waals surface area contributed by atoms with E-state index in [1.54, 1.807) is 6.92 Å². The number of piperidine rings is 1. The summed E-state index contributed by atoms with van der Waals surface area (Å²) in [5.74, 6) is -2.36. The second-order valence-electron chi connectivity index (χ2n) is 8.05. The van der Waals surface area contributed by atoms with Gasteiger partial charge in [-0.2, -0.15) is 4.31 Å². The van der Waals surface area contributed by atoms with Gasteiger partial charge in [0, 0.05) is 30.6 Å². The number of carbonyl (C=O) groups is 2. The molecule has 178 valence electrons. The van der Waals surface area contributed by atoms with Crippen molar-refractivity contribution in [2.45, 2.75) is 37.6 Å². The highest BCUT2D eigenvalue weighted by atomic mass is 32.2. The molecule has 1 fully saturated rings. The molecule has 10 heteroatoms. The number of carbonyl (C=O) groups excluding carboxylic acids is 2.